The van der Waals surface area contributed by atoms with Crippen LogP contribution in [0.1, 0.15) is 39.0 Å². The Morgan fingerprint density at radius 1 is 1.29 bits per heavy atom. The van der Waals surface area contributed by atoms with Crippen LogP contribution in [0, 0.1) is 11.3 Å². The van der Waals surface area contributed by atoms with Crippen LogP contribution in [0.4, 0.5) is 0 Å². The summed E-state index contributed by atoms with van der Waals surface area (Å²) < 4.78 is 11.8. The molecule has 17 heavy (non-hydrogen) atoms. The standard InChI is InChI=1S/C14H25NO2/c1-2-16-10-14(9-15-12-5-6-12)7-8-17-13(14)11-3-4-11/h11-13,15H,2-10H2,1H3. The van der Waals surface area contributed by atoms with Gasteiger partial charge in [0.15, 0.2) is 0 Å². The molecule has 1 saturated heterocycles. The molecule has 2 aliphatic carbocycles. The van der Waals surface area contributed by atoms with E-state index in [1.807, 2.05) is 0 Å². The topological polar surface area (TPSA) is 30.5 Å². The lowest BCUT2D eigenvalue weighted by molar-refractivity contribution is -0.0223. The summed E-state index contributed by atoms with van der Waals surface area (Å²) in [6.07, 6.45) is 7.08. The normalized spacial score (nSPS) is 37.6. The molecule has 1 aliphatic heterocycles. The highest BCUT2D eigenvalue weighted by molar-refractivity contribution is 5.01. The molecule has 2 unspecified atom stereocenters. The van der Waals surface area contributed by atoms with Crippen molar-refractivity contribution in [1.29, 1.82) is 0 Å². The van der Waals surface area contributed by atoms with Gasteiger partial charge in [0, 0.05) is 31.2 Å². The van der Waals surface area contributed by atoms with Crippen LogP contribution >= 0.6 is 0 Å². The quantitative estimate of drug-likeness (QED) is 0.736. The SMILES string of the molecule is CCOCC1(CNC2CC2)CCOC1C1CC1. The summed E-state index contributed by atoms with van der Waals surface area (Å²) in [5, 5.41) is 3.70. The van der Waals surface area contributed by atoms with Gasteiger partial charge in [0.1, 0.15) is 0 Å². The smallest absolute Gasteiger partial charge is 0.0694 e. The molecule has 0 aromatic rings. The first-order chi connectivity index (χ1) is 8.34. The first-order valence-corrected chi connectivity index (χ1v) is 7.27. The Labute approximate surface area is 104 Å². The molecule has 2 saturated carbocycles. The maximum Gasteiger partial charge on any atom is 0.0694 e. The van der Waals surface area contributed by atoms with E-state index in [1.165, 1.54) is 32.1 Å². The molecule has 1 N–H and O–H groups in total. The van der Waals surface area contributed by atoms with Crippen molar-refractivity contribution in [3.63, 3.8) is 0 Å². The van der Waals surface area contributed by atoms with Gasteiger partial charge in [-0.05, 0) is 44.9 Å². The molecule has 98 valence electrons. The van der Waals surface area contributed by atoms with Gasteiger partial charge in [-0.3, -0.25) is 0 Å². The Morgan fingerprint density at radius 3 is 2.76 bits per heavy atom. The van der Waals surface area contributed by atoms with Crippen LogP contribution in [0.15, 0.2) is 0 Å². The van der Waals surface area contributed by atoms with Crippen molar-refractivity contribution in [3.05, 3.63) is 0 Å². The summed E-state index contributed by atoms with van der Waals surface area (Å²) >= 11 is 0. The van der Waals surface area contributed by atoms with Crippen molar-refractivity contribution < 1.29 is 9.47 Å². The van der Waals surface area contributed by atoms with Crippen molar-refractivity contribution in [1.82, 2.24) is 5.32 Å². The van der Waals surface area contributed by atoms with Crippen molar-refractivity contribution in [3.8, 4) is 0 Å². The summed E-state index contributed by atoms with van der Waals surface area (Å²) in [5.74, 6) is 0.818. The third kappa shape index (κ3) is 2.67. The number of ether oxygens (including phenoxy) is 2. The first kappa shape index (κ1) is 11.9. The molecular weight excluding hydrogens is 214 g/mol. The Morgan fingerprint density at radius 2 is 2.12 bits per heavy atom. The van der Waals surface area contributed by atoms with Crippen molar-refractivity contribution in [2.45, 2.75) is 51.2 Å². The molecule has 0 amide bonds. The van der Waals surface area contributed by atoms with Crippen molar-refractivity contribution in [2.24, 2.45) is 11.3 Å². The van der Waals surface area contributed by atoms with E-state index in [1.54, 1.807) is 0 Å². The number of nitrogens with one attached hydrogen (secondary N) is 1. The van der Waals surface area contributed by atoms with E-state index in [4.69, 9.17) is 9.47 Å². The van der Waals surface area contributed by atoms with Crippen LogP contribution in [0.25, 0.3) is 0 Å². The minimum atomic E-state index is 0.264. The summed E-state index contributed by atoms with van der Waals surface area (Å²) in [6, 6.07) is 0.786. The fraction of sp³-hybridized carbons (Fsp3) is 1.00. The van der Waals surface area contributed by atoms with Crippen LogP contribution in [-0.2, 0) is 9.47 Å². The fourth-order valence-corrected chi connectivity index (χ4v) is 3.08. The zero-order valence-electron chi connectivity index (χ0n) is 10.9. The van der Waals surface area contributed by atoms with Gasteiger partial charge in [0.2, 0.25) is 0 Å². The van der Waals surface area contributed by atoms with E-state index in [-0.39, 0.29) is 5.41 Å². The molecular formula is C14H25NO2. The summed E-state index contributed by atoms with van der Waals surface area (Å²) in [5.41, 5.74) is 0.264. The van der Waals surface area contributed by atoms with Gasteiger partial charge in [0.05, 0.1) is 12.7 Å². The Hall–Kier alpha value is -0.120. The molecule has 0 bridgehead atoms. The Kier molecular flexibility index (Phi) is 3.42. The van der Waals surface area contributed by atoms with Crippen LogP contribution in [0.5, 0.6) is 0 Å². The predicted molar refractivity (Wildman–Crippen MR) is 67.0 cm³/mol. The summed E-state index contributed by atoms with van der Waals surface area (Å²) in [6.45, 7) is 5.82. The van der Waals surface area contributed by atoms with E-state index < -0.39 is 0 Å². The highest BCUT2D eigenvalue weighted by atomic mass is 16.5. The van der Waals surface area contributed by atoms with E-state index in [0.717, 1.165) is 38.3 Å². The summed E-state index contributed by atoms with van der Waals surface area (Å²) in [7, 11) is 0. The number of hydrogen-bond acceptors (Lipinski definition) is 3. The highest BCUT2D eigenvalue weighted by Gasteiger charge is 2.51. The minimum Gasteiger partial charge on any atom is -0.381 e. The minimum absolute atomic E-state index is 0.264. The maximum absolute atomic E-state index is 6.02. The Bertz CT molecular complexity index is 263. The number of hydrogen-bond donors (Lipinski definition) is 1. The molecule has 3 aliphatic rings. The Balaban J connectivity index is 1.63. The van der Waals surface area contributed by atoms with Gasteiger partial charge >= 0.3 is 0 Å². The van der Waals surface area contributed by atoms with Crippen LogP contribution in [-0.4, -0.2) is 38.5 Å². The zero-order chi connectivity index (χ0) is 11.7. The van der Waals surface area contributed by atoms with Gasteiger partial charge in [-0.15, -0.1) is 0 Å². The molecule has 3 nitrogen and oxygen atoms in total. The zero-order valence-corrected chi connectivity index (χ0v) is 10.9. The molecule has 0 spiro atoms. The van der Waals surface area contributed by atoms with Crippen molar-refractivity contribution >= 4 is 0 Å². The molecule has 3 heteroatoms. The third-order valence-corrected chi connectivity index (χ3v) is 4.46. The van der Waals surface area contributed by atoms with E-state index in [9.17, 15) is 0 Å². The number of rotatable bonds is 7. The van der Waals surface area contributed by atoms with Crippen LogP contribution in [0.2, 0.25) is 0 Å². The lowest BCUT2D eigenvalue weighted by Gasteiger charge is -2.34. The molecule has 3 fully saturated rings. The average Bonchev–Trinajstić information content (AvgIpc) is 3.24. The highest BCUT2D eigenvalue weighted by Crippen LogP contribution is 2.48. The lowest BCUT2D eigenvalue weighted by atomic mass is 9.79. The van der Waals surface area contributed by atoms with Gasteiger partial charge < -0.3 is 14.8 Å². The molecule has 1 heterocycles. The first-order valence-electron chi connectivity index (χ1n) is 7.27. The third-order valence-electron chi connectivity index (χ3n) is 4.46. The van der Waals surface area contributed by atoms with Gasteiger partial charge in [-0.25, -0.2) is 0 Å². The second kappa shape index (κ2) is 4.87. The van der Waals surface area contributed by atoms with Gasteiger partial charge in [-0.2, -0.15) is 0 Å². The molecule has 3 rings (SSSR count). The summed E-state index contributed by atoms with van der Waals surface area (Å²) in [4.78, 5) is 0. The van der Waals surface area contributed by atoms with Gasteiger partial charge in [-0.1, -0.05) is 0 Å². The predicted octanol–water partition coefficient (Wildman–Crippen LogP) is 1.96. The molecule has 2 atom stereocenters. The van der Waals surface area contributed by atoms with E-state index in [0.29, 0.717) is 6.10 Å². The van der Waals surface area contributed by atoms with Crippen LogP contribution < -0.4 is 5.32 Å². The largest absolute Gasteiger partial charge is 0.381 e. The molecule has 0 aromatic heterocycles. The second-order valence-corrected chi connectivity index (χ2v) is 6.03. The maximum atomic E-state index is 6.02. The lowest BCUT2D eigenvalue weighted by Crippen LogP contribution is -2.46. The van der Waals surface area contributed by atoms with E-state index >= 15 is 0 Å². The monoisotopic (exact) mass is 239 g/mol. The fourth-order valence-electron chi connectivity index (χ4n) is 3.08. The van der Waals surface area contributed by atoms with E-state index in [2.05, 4.69) is 12.2 Å². The van der Waals surface area contributed by atoms with Gasteiger partial charge in [0.25, 0.3) is 0 Å². The van der Waals surface area contributed by atoms with Crippen molar-refractivity contribution in [2.75, 3.05) is 26.4 Å². The molecule has 0 radical (unpaired) electrons. The van der Waals surface area contributed by atoms with Crippen LogP contribution in [0.3, 0.4) is 0 Å². The molecule has 0 aromatic carbocycles. The average molecular weight is 239 g/mol. The second-order valence-electron chi connectivity index (χ2n) is 6.03.